The van der Waals surface area contributed by atoms with Gasteiger partial charge in [-0.25, -0.2) is 0 Å². The first-order chi connectivity index (χ1) is 14.5. The number of hydrogen-bond donors (Lipinski definition) is 2. The molecular weight excluding hydrogens is 400 g/mol. The van der Waals surface area contributed by atoms with Crippen molar-refractivity contribution in [3.63, 3.8) is 0 Å². The van der Waals surface area contributed by atoms with E-state index in [0.29, 0.717) is 30.2 Å². The van der Waals surface area contributed by atoms with Crippen LogP contribution in [0.2, 0.25) is 0 Å². The third-order valence-corrected chi connectivity index (χ3v) is 4.64. The van der Waals surface area contributed by atoms with Crippen LogP contribution in [-0.2, 0) is 6.54 Å². The molecule has 7 heteroatoms. The van der Waals surface area contributed by atoms with Gasteiger partial charge >= 0.3 is 0 Å². The van der Waals surface area contributed by atoms with Crippen LogP contribution in [0.15, 0.2) is 42.5 Å². The molecule has 2 aromatic rings. The largest absolute Gasteiger partial charge is 0.493 e. The van der Waals surface area contributed by atoms with Crippen LogP contribution in [0.3, 0.4) is 0 Å². The molecule has 0 radical (unpaired) electrons. The normalized spacial score (nSPS) is 11.3. The van der Waals surface area contributed by atoms with Crippen molar-refractivity contribution in [2.24, 2.45) is 0 Å². The van der Waals surface area contributed by atoms with Gasteiger partial charge in [-0.1, -0.05) is 19.9 Å². The molecule has 0 fully saturated rings. The summed E-state index contributed by atoms with van der Waals surface area (Å²) in [6, 6.07) is 12.7. The van der Waals surface area contributed by atoms with Gasteiger partial charge in [-0.05, 0) is 73.9 Å². The third-order valence-electron chi connectivity index (χ3n) is 4.40. The number of thiocarbonyl (C=S) groups is 1. The van der Waals surface area contributed by atoms with Crippen molar-refractivity contribution in [1.29, 1.82) is 0 Å². The number of amides is 1. The Morgan fingerprint density at radius 1 is 1.10 bits per heavy atom. The van der Waals surface area contributed by atoms with Crippen molar-refractivity contribution in [1.82, 2.24) is 10.6 Å². The Morgan fingerprint density at radius 3 is 2.47 bits per heavy atom. The number of hydrogen-bond acceptors (Lipinski definition) is 5. The molecule has 0 saturated carbocycles. The molecule has 2 N–H and O–H groups in total. The van der Waals surface area contributed by atoms with Gasteiger partial charge in [0.05, 0.1) is 19.8 Å². The maximum atomic E-state index is 12.4. The summed E-state index contributed by atoms with van der Waals surface area (Å²) in [5, 5.41) is 5.98. The van der Waals surface area contributed by atoms with Gasteiger partial charge in [0.1, 0.15) is 5.75 Å². The van der Waals surface area contributed by atoms with E-state index in [-0.39, 0.29) is 17.1 Å². The zero-order chi connectivity index (χ0) is 21.9. The molecule has 0 spiro atoms. The van der Waals surface area contributed by atoms with Crippen molar-refractivity contribution in [3.8, 4) is 17.2 Å². The lowest BCUT2D eigenvalue weighted by atomic mass is 10.2. The van der Waals surface area contributed by atoms with E-state index in [1.54, 1.807) is 31.4 Å². The molecule has 0 aliphatic heterocycles. The lowest BCUT2D eigenvalue weighted by Crippen LogP contribution is -2.38. The van der Waals surface area contributed by atoms with Gasteiger partial charge in [0.2, 0.25) is 0 Å². The number of methoxy groups -OCH3 is 1. The molecule has 0 bridgehead atoms. The van der Waals surface area contributed by atoms with Crippen LogP contribution >= 0.6 is 12.2 Å². The van der Waals surface area contributed by atoms with E-state index in [1.807, 2.05) is 25.1 Å². The summed E-state index contributed by atoms with van der Waals surface area (Å²) < 4.78 is 16.8. The van der Waals surface area contributed by atoms with Crippen LogP contribution in [0.5, 0.6) is 17.2 Å². The smallest absolute Gasteiger partial charge is 0.257 e. The zero-order valence-electron chi connectivity index (χ0n) is 18.0. The number of carbonyl (C=O) groups excluding carboxylic acids is 1. The first-order valence-electron chi connectivity index (χ1n) is 10.1. The van der Waals surface area contributed by atoms with Crippen molar-refractivity contribution in [3.05, 3.63) is 53.6 Å². The van der Waals surface area contributed by atoms with Crippen molar-refractivity contribution >= 4 is 23.2 Å². The average Bonchev–Trinajstić information content (AvgIpc) is 2.76. The van der Waals surface area contributed by atoms with E-state index in [4.69, 9.17) is 26.4 Å². The molecular formula is C23H30N2O4S. The van der Waals surface area contributed by atoms with E-state index in [2.05, 4.69) is 24.5 Å². The Kier molecular flexibility index (Phi) is 9.41. The maximum Gasteiger partial charge on any atom is 0.257 e. The predicted molar refractivity (Wildman–Crippen MR) is 123 cm³/mol. The summed E-state index contributed by atoms with van der Waals surface area (Å²) in [6.45, 7) is 7.20. The Labute approximate surface area is 183 Å². The van der Waals surface area contributed by atoms with Gasteiger partial charge < -0.3 is 19.5 Å². The van der Waals surface area contributed by atoms with Gasteiger partial charge in [0.15, 0.2) is 16.6 Å². The summed E-state index contributed by atoms with van der Waals surface area (Å²) in [7, 11) is 1.61. The highest BCUT2D eigenvalue weighted by atomic mass is 32.1. The zero-order valence-corrected chi connectivity index (χ0v) is 18.8. The van der Waals surface area contributed by atoms with E-state index < -0.39 is 0 Å². The highest BCUT2D eigenvalue weighted by molar-refractivity contribution is 7.80. The van der Waals surface area contributed by atoms with Gasteiger partial charge in [0.25, 0.3) is 5.91 Å². The van der Waals surface area contributed by atoms with Gasteiger partial charge in [-0.2, -0.15) is 0 Å². The predicted octanol–water partition coefficient (Wildman–Crippen LogP) is 4.47. The molecule has 0 aliphatic carbocycles. The van der Waals surface area contributed by atoms with E-state index in [9.17, 15) is 4.79 Å². The Balaban J connectivity index is 1.87. The molecule has 2 aromatic carbocycles. The minimum absolute atomic E-state index is 0.132. The monoisotopic (exact) mass is 430 g/mol. The summed E-state index contributed by atoms with van der Waals surface area (Å²) in [6.07, 6.45) is 1.98. The quantitative estimate of drug-likeness (QED) is 0.542. The Bertz CT molecular complexity index is 840. The Morgan fingerprint density at radius 2 is 1.83 bits per heavy atom. The van der Waals surface area contributed by atoms with Gasteiger partial charge in [-0.15, -0.1) is 0 Å². The Hall–Kier alpha value is -2.80. The van der Waals surface area contributed by atoms with Crippen LogP contribution in [0.1, 0.15) is 49.5 Å². The first-order valence-corrected chi connectivity index (χ1v) is 10.5. The van der Waals surface area contributed by atoms with Crippen LogP contribution < -0.4 is 24.8 Å². The fourth-order valence-electron chi connectivity index (χ4n) is 2.56. The number of carbonyl (C=O) groups is 1. The van der Waals surface area contributed by atoms with Crippen LogP contribution in [-0.4, -0.2) is 30.8 Å². The molecule has 0 aliphatic rings. The van der Waals surface area contributed by atoms with E-state index in [1.165, 1.54) is 0 Å². The molecule has 6 nitrogen and oxygen atoms in total. The molecule has 1 amide bonds. The highest BCUT2D eigenvalue weighted by Gasteiger charge is 2.10. The fourth-order valence-corrected chi connectivity index (χ4v) is 2.72. The number of rotatable bonds is 10. The number of benzene rings is 2. The van der Waals surface area contributed by atoms with Gasteiger partial charge in [-0.3, -0.25) is 10.1 Å². The van der Waals surface area contributed by atoms with Gasteiger partial charge in [0, 0.05) is 12.1 Å². The van der Waals surface area contributed by atoms with Crippen molar-refractivity contribution in [2.45, 2.75) is 46.3 Å². The first kappa shape index (κ1) is 23.5. The second-order valence-corrected chi connectivity index (χ2v) is 7.24. The lowest BCUT2D eigenvalue weighted by Gasteiger charge is -2.14. The minimum atomic E-state index is -0.275. The number of ether oxygens (including phenoxy) is 3. The van der Waals surface area contributed by atoms with Crippen LogP contribution in [0.4, 0.5) is 0 Å². The molecule has 1 unspecified atom stereocenters. The molecule has 2 rings (SSSR count). The third kappa shape index (κ3) is 7.22. The standard InChI is InChI=1S/C23H30N2O4S/c1-5-13-28-20-12-7-17(14-21(20)27-4)15-24-23(30)25-22(26)18-8-10-19(11-9-18)29-16(3)6-2/h7-12,14,16H,5-6,13,15H2,1-4H3,(H2,24,25,26,30). The molecule has 30 heavy (non-hydrogen) atoms. The van der Waals surface area contributed by atoms with Crippen molar-refractivity contribution < 1.29 is 19.0 Å². The number of nitrogens with one attached hydrogen (secondary N) is 2. The summed E-state index contributed by atoms with van der Waals surface area (Å²) in [5.74, 6) is 1.84. The summed E-state index contributed by atoms with van der Waals surface area (Å²) in [4.78, 5) is 12.4. The second kappa shape index (κ2) is 12.0. The SMILES string of the molecule is CCCOc1ccc(CNC(=S)NC(=O)c2ccc(OC(C)CC)cc2)cc1OC. The summed E-state index contributed by atoms with van der Waals surface area (Å²) in [5.41, 5.74) is 1.47. The molecule has 0 aromatic heterocycles. The van der Waals surface area contributed by atoms with E-state index in [0.717, 1.165) is 24.2 Å². The molecule has 1 atom stereocenters. The van der Waals surface area contributed by atoms with Crippen LogP contribution in [0.25, 0.3) is 0 Å². The fraction of sp³-hybridized carbons (Fsp3) is 0.391. The van der Waals surface area contributed by atoms with E-state index >= 15 is 0 Å². The average molecular weight is 431 g/mol. The van der Waals surface area contributed by atoms with Crippen LogP contribution in [0, 0.1) is 0 Å². The maximum absolute atomic E-state index is 12.4. The molecule has 0 heterocycles. The minimum Gasteiger partial charge on any atom is -0.493 e. The molecule has 0 saturated heterocycles. The highest BCUT2D eigenvalue weighted by Crippen LogP contribution is 2.28. The van der Waals surface area contributed by atoms with Crippen molar-refractivity contribution in [2.75, 3.05) is 13.7 Å². The second-order valence-electron chi connectivity index (χ2n) is 6.83. The molecule has 162 valence electrons. The lowest BCUT2D eigenvalue weighted by molar-refractivity contribution is 0.0976. The summed E-state index contributed by atoms with van der Waals surface area (Å²) >= 11 is 5.25. The topological polar surface area (TPSA) is 68.8 Å².